The molecule has 34 heavy (non-hydrogen) atoms. The van der Waals surface area contributed by atoms with E-state index in [0.29, 0.717) is 29.9 Å². The lowest BCUT2D eigenvalue weighted by atomic mass is 9.81. The van der Waals surface area contributed by atoms with Crippen LogP contribution in [0, 0.1) is 0 Å². The topological polar surface area (TPSA) is 70.9 Å². The van der Waals surface area contributed by atoms with E-state index in [1.54, 1.807) is 19.1 Å². The molecule has 2 aromatic carbocycles. The highest BCUT2D eigenvalue weighted by Gasteiger charge is 2.36. The highest BCUT2D eigenvalue weighted by Crippen LogP contribution is 2.41. The zero-order chi connectivity index (χ0) is 24.6. The van der Waals surface area contributed by atoms with Crippen molar-refractivity contribution in [1.82, 2.24) is 5.32 Å². The molecular formula is C26H31F3N2O3. The first-order valence-electron chi connectivity index (χ1n) is 11.6. The molecular weight excluding hydrogens is 445 g/mol. The number of carboxylic acids is 1. The van der Waals surface area contributed by atoms with Gasteiger partial charge in [-0.3, -0.25) is 4.79 Å². The van der Waals surface area contributed by atoms with Crippen molar-refractivity contribution in [2.75, 3.05) is 6.54 Å². The maximum absolute atomic E-state index is 13.8. The SMILES string of the molecule is C/C(=N\OCc1ccc(CNCCC(=O)O)cc1)c1ccc(C2CCCCC2)c(C(F)(F)F)c1. The number of alkyl halides is 3. The van der Waals surface area contributed by atoms with Crippen LogP contribution in [-0.4, -0.2) is 23.3 Å². The summed E-state index contributed by atoms with van der Waals surface area (Å²) in [6, 6.07) is 12.1. The lowest BCUT2D eigenvalue weighted by Crippen LogP contribution is -2.17. The molecule has 0 spiro atoms. The van der Waals surface area contributed by atoms with Gasteiger partial charge in [0.15, 0.2) is 0 Å². The van der Waals surface area contributed by atoms with Crippen molar-refractivity contribution in [2.45, 2.75) is 70.7 Å². The predicted molar refractivity (Wildman–Crippen MR) is 125 cm³/mol. The van der Waals surface area contributed by atoms with Crippen LogP contribution in [0.2, 0.25) is 0 Å². The van der Waals surface area contributed by atoms with Gasteiger partial charge in [-0.15, -0.1) is 0 Å². The molecule has 0 atom stereocenters. The Bertz CT molecular complexity index is 982. The Morgan fingerprint density at radius 1 is 1.09 bits per heavy atom. The Balaban J connectivity index is 1.60. The van der Waals surface area contributed by atoms with Crippen LogP contribution in [0.3, 0.4) is 0 Å². The molecule has 1 saturated carbocycles. The molecule has 5 nitrogen and oxygen atoms in total. The van der Waals surface area contributed by atoms with E-state index in [0.717, 1.165) is 43.2 Å². The summed E-state index contributed by atoms with van der Waals surface area (Å²) >= 11 is 0. The zero-order valence-electron chi connectivity index (χ0n) is 19.3. The van der Waals surface area contributed by atoms with Gasteiger partial charge in [-0.05, 0) is 54.0 Å². The fraction of sp³-hybridized carbons (Fsp3) is 0.462. The van der Waals surface area contributed by atoms with Crippen molar-refractivity contribution in [1.29, 1.82) is 0 Å². The van der Waals surface area contributed by atoms with Gasteiger partial charge < -0.3 is 15.3 Å². The first kappa shape index (κ1) is 25.7. The molecule has 0 aliphatic heterocycles. The van der Waals surface area contributed by atoms with Gasteiger partial charge >= 0.3 is 12.1 Å². The quantitative estimate of drug-likeness (QED) is 0.241. The summed E-state index contributed by atoms with van der Waals surface area (Å²) in [5.74, 6) is -0.881. The van der Waals surface area contributed by atoms with Crippen molar-refractivity contribution in [3.05, 3.63) is 70.3 Å². The van der Waals surface area contributed by atoms with Gasteiger partial charge in [-0.2, -0.15) is 13.2 Å². The molecule has 0 heterocycles. The van der Waals surface area contributed by atoms with E-state index in [4.69, 9.17) is 9.94 Å². The number of halogens is 3. The number of carboxylic acid groups (broad SMARTS) is 1. The molecule has 184 valence electrons. The van der Waals surface area contributed by atoms with E-state index in [9.17, 15) is 18.0 Å². The van der Waals surface area contributed by atoms with Crippen LogP contribution in [0.1, 0.15) is 79.2 Å². The summed E-state index contributed by atoms with van der Waals surface area (Å²) in [5, 5.41) is 15.7. The zero-order valence-corrected chi connectivity index (χ0v) is 19.3. The van der Waals surface area contributed by atoms with Gasteiger partial charge in [0.25, 0.3) is 0 Å². The molecule has 0 bridgehead atoms. The first-order valence-corrected chi connectivity index (χ1v) is 11.6. The summed E-state index contributed by atoms with van der Waals surface area (Å²) in [6.07, 6.45) is 0.294. The molecule has 8 heteroatoms. The molecule has 0 radical (unpaired) electrons. The molecule has 1 aliphatic rings. The number of carbonyl (C=O) groups is 1. The van der Waals surface area contributed by atoms with Gasteiger partial charge in [0.05, 0.1) is 17.7 Å². The first-order chi connectivity index (χ1) is 16.2. The third-order valence-corrected chi connectivity index (χ3v) is 6.12. The fourth-order valence-corrected chi connectivity index (χ4v) is 4.23. The van der Waals surface area contributed by atoms with Gasteiger partial charge in [0, 0.05) is 13.1 Å². The van der Waals surface area contributed by atoms with Crippen molar-refractivity contribution < 1.29 is 27.9 Å². The van der Waals surface area contributed by atoms with E-state index in [1.807, 2.05) is 24.3 Å². The lowest BCUT2D eigenvalue weighted by molar-refractivity contribution is -0.138. The Labute approximate surface area is 198 Å². The number of oxime groups is 1. The second-order valence-corrected chi connectivity index (χ2v) is 8.72. The van der Waals surface area contributed by atoms with E-state index in [1.165, 1.54) is 6.07 Å². The van der Waals surface area contributed by atoms with E-state index in [-0.39, 0.29) is 18.9 Å². The van der Waals surface area contributed by atoms with Gasteiger partial charge in [0.2, 0.25) is 0 Å². The Kier molecular flexibility index (Phi) is 9.10. The summed E-state index contributed by atoms with van der Waals surface area (Å²) < 4.78 is 41.4. The average molecular weight is 477 g/mol. The number of hydrogen-bond donors (Lipinski definition) is 2. The third kappa shape index (κ3) is 7.58. The smallest absolute Gasteiger partial charge is 0.416 e. The van der Waals surface area contributed by atoms with Crippen molar-refractivity contribution in [3.63, 3.8) is 0 Å². The van der Waals surface area contributed by atoms with Crippen LogP contribution in [0.5, 0.6) is 0 Å². The lowest BCUT2D eigenvalue weighted by Gasteiger charge is -2.25. The summed E-state index contributed by atoms with van der Waals surface area (Å²) in [7, 11) is 0. The Morgan fingerprint density at radius 2 is 1.76 bits per heavy atom. The molecule has 1 fully saturated rings. The van der Waals surface area contributed by atoms with Crippen molar-refractivity contribution >= 4 is 11.7 Å². The number of rotatable bonds is 10. The average Bonchev–Trinajstić information content (AvgIpc) is 2.82. The van der Waals surface area contributed by atoms with Crippen LogP contribution in [-0.2, 0) is 29.0 Å². The molecule has 3 rings (SSSR count). The minimum atomic E-state index is -4.41. The van der Waals surface area contributed by atoms with Crippen LogP contribution in [0.25, 0.3) is 0 Å². The molecule has 0 aromatic heterocycles. The number of nitrogens with one attached hydrogen (secondary N) is 1. The van der Waals surface area contributed by atoms with Gasteiger partial charge in [0.1, 0.15) is 6.61 Å². The number of benzene rings is 2. The van der Waals surface area contributed by atoms with E-state index >= 15 is 0 Å². The Hall–Kier alpha value is -2.87. The molecule has 1 aliphatic carbocycles. The molecule has 2 aromatic rings. The maximum Gasteiger partial charge on any atom is 0.416 e. The summed E-state index contributed by atoms with van der Waals surface area (Å²) in [5.41, 5.74) is 2.48. The number of hydrogen-bond acceptors (Lipinski definition) is 4. The second-order valence-electron chi connectivity index (χ2n) is 8.72. The van der Waals surface area contributed by atoms with Crippen molar-refractivity contribution in [3.8, 4) is 0 Å². The van der Waals surface area contributed by atoms with Crippen LogP contribution in [0.4, 0.5) is 13.2 Å². The molecule has 0 unspecified atom stereocenters. The number of nitrogens with zero attached hydrogens (tertiary/aromatic N) is 1. The highest BCUT2D eigenvalue weighted by molar-refractivity contribution is 5.98. The fourth-order valence-electron chi connectivity index (χ4n) is 4.23. The second kappa shape index (κ2) is 12.0. The largest absolute Gasteiger partial charge is 0.481 e. The van der Waals surface area contributed by atoms with Crippen LogP contribution < -0.4 is 5.32 Å². The van der Waals surface area contributed by atoms with Gasteiger partial charge in [-0.25, -0.2) is 0 Å². The van der Waals surface area contributed by atoms with E-state index < -0.39 is 17.7 Å². The highest BCUT2D eigenvalue weighted by atomic mass is 19.4. The standard InChI is InChI=1S/C26H31F3N2O3/c1-18(31-34-17-20-9-7-19(8-10-20)16-30-14-13-25(32)33)22-11-12-23(21-5-3-2-4-6-21)24(15-22)26(27,28)29/h7-12,15,21,30H,2-6,13-14,16-17H2,1H3,(H,32,33)/b31-18+. The van der Waals surface area contributed by atoms with Crippen molar-refractivity contribution in [2.24, 2.45) is 5.16 Å². The minimum Gasteiger partial charge on any atom is -0.481 e. The normalized spacial score (nSPS) is 15.4. The summed E-state index contributed by atoms with van der Waals surface area (Å²) in [6.45, 7) is 2.79. The van der Waals surface area contributed by atoms with Gasteiger partial charge in [-0.1, -0.05) is 60.8 Å². The molecule has 0 saturated heterocycles. The molecule has 2 N–H and O–H groups in total. The third-order valence-electron chi connectivity index (χ3n) is 6.12. The Morgan fingerprint density at radius 3 is 2.41 bits per heavy atom. The predicted octanol–water partition coefficient (Wildman–Crippen LogP) is 6.26. The minimum absolute atomic E-state index is 0.0386. The maximum atomic E-state index is 13.8. The van der Waals surface area contributed by atoms with E-state index in [2.05, 4.69) is 10.5 Å². The number of aliphatic carboxylic acids is 1. The molecule has 0 amide bonds. The van der Waals surface area contributed by atoms with Crippen LogP contribution >= 0.6 is 0 Å². The summed E-state index contributed by atoms with van der Waals surface area (Å²) in [4.78, 5) is 15.9. The monoisotopic (exact) mass is 476 g/mol. The van der Waals surface area contributed by atoms with Crippen LogP contribution in [0.15, 0.2) is 47.6 Å².